The molecule has 1 atom stereocenters. The van der Waals surface area contributed by atoms with Crippen molar-refractivity contribution in [3.63, 3.8) is 0 Å². The number of carbonyl (C=O) groups excluding carboxylic acids is 1. The van der Waals surface area contributed by atoms with Gasteiger partial charge < -0.3 is 9.80 Å². The topological polar surface area (TPSA) is 23.6 Å². The van der Waals surface area contributed by atoms with E-state index in [1.165, 1.54) is 70.1 Å². The second-order valence-corrected chi connectivity index (χ2v) is 7.99. The van der Waals surface area contributed by atoms with Gasteiger partial charge in [-0.3, -0.25) is 4.79 Å². The smallest absolute Gasteiger partial charge is 0.227 e. The molecule has 25 heavy (non-hydrogen) atoms. The minimum atomic E-state index is 0.302. The summed E-state index contributed by atoms with van der Waals surface area (Å²) in [5, 5.41) is 0. The van der Waals surface area contributed by atoms with Crippen molar-refractivity contribution < 1.29 is 4.79 Å². The van der Waals surface area contributed by atoms with Crippen molar-refractivity contribution in [3.05, 3.63) is 29.8 Å². The summed E-state index contributed by atoms with van der Waals surface area (Å²) in [6, 6.07) is 8.41. The van der Waals surface area contributed by atoms with Gasteiger partial charge in [-0.2, -0.15) is 0 Å². The second-order valence-electron chi connectivity index (χ2n) is 7.99. The van der Waals surface area contributed by atoms with E-state index in [0.29, 0.717) is 18.2 Å². The van der Waals surface area contributed by atoms with E-state index in [1.807, 2.05) is 4.90 Å². The van der Waals surface area contributed by atoms with Gasteiger partial charge in [-0.1, -0.05) is 44.4 Å². The number of nitrogens with zero attached hydrogens (tertiary/aromatic N) is 2. The van der Waals surface area contributed by atoms with Crippen molar-refractivity contribution >= 4 is 11.6 Å². The Balaban J connectivity index is 1.37. The average molecular weight is 343 g/mol. The van der Waals surface area contributed by atoms with Crippen LogP contribution >= 0.6 is 0 Å². The van der Waals surface area contributed by atoms with Gasteiger partial charge in [0.1, 0.15) is 0 Å². The number of anilines is 1. The molecule has 1 aromatic rings. The summed E-state index contributed by atoms with van der Waals surface area (Å²) < 4.78 is 0. The molecule has 1 fully saturated rings. The Hall–Kier alpha value is -1.35. The summed E-state index contributed by atoms with van der Waals surface area (Å²) in [6.07, 6.45) is 10.9. The Morgan fingerprint density at radius 3 is 2.64 bits per heavy atom. The first-order valence-corrected chi connectivity index (χ1v) is 10.3. The fourth-order valence-corrected chi connectivity index (χ4v) is 4.29. The molecule has 0 saturated carbocycles. The van der Waals surface area contributed by atoms with Crippen LogP contribution in [0.25, 0.3) is 0 Å². The number of amides is 1. The molecule has 3 rings (SSSR count). The number of benzene rings is 1. The van der Waals surface area contributed by atoms with E-state index in [2.05, 4.69) is 36.1 Å². The Kier molecular flexibility index (Phi) is 6.92. The third-order valence-electron chi connectivity index (χ3n) is 5.81. The van der Waals surface area contributed by atoms with Crippen molar-refractivity contribution in [1.82, 2.24) is 4.90 Å². The number of likely N-dealkylation sites (tertiary alicyclic amines) is 1. The van der Waals surface area contributed by atoms with Crippen LogP contribution in [0.15, 0.2) is 24.3 Å². The van der Waals surface area contributed by atoms with Crippen molar-refractivity contribution in [2.24, 2.45) is 5.92 Å². The number of fused-ring (bicyclic) bond motifs is 1. The molecule has 0 bridgehead atoms. The van der Waals surface area contributed by atoms with Crippen LogP contribution in [0.5, 0.6) is 0 Å². The Morgan fingerprint density at radius 1 is 1.00 bits per heavy atom. The van der Waals surface area contributed by atoms with Gasteiger partial charge in [0.2, 0.25) is 5.91 Å². The molecule has 2 heterocycles. The van der Waals surface area contributed by atoms with Gasteiger partial charge in [0.15, 0.2) is 0 Å². The molecule has 0 aliphatic carbocycles. The average Bonchev–Trinajstić information content (AvgIpc) is 2.65. The van der Waals surface area contributed by atoms with E-state index < -0.39 is 0 Å². The van der Waals surface area contributed by atoms with Crippen LogP contribution in [0.4, 0.5) is 5.69 Å². The zero-order valence-corrected chi connectivity index (χ0v) is 15.9. The minimum absolute atomic E-state index is 0.302. The number of aryl methyl sites for hydroxylation is 1. The predicted octanol–water partition coefficient (Wildman–Crippen LogP) is 4.65. The molecule has 0 radical (unpaired) electrons. The normalized spacial score (nSPS) is 19.7. The fourth-order valence-electron chi connectivity index (χ4n) is 4.29. The Bertz CT molecular complexity index is 551. The van der Waals surface area contributed by atoms with Gasteiger partial charge in [-0.15, -0.1) is 0 Å². The second kappa shape index (κ2) is 9.38. The number of para-hydroxylation sites is 1. The molecule has 3 nitrogen and oxygen atoms in total. The van der Waals surface area contributed by atoms with Gasteiger partial charge in [0.25, 0.3) is 0 Å². The number of hydrogen-bond acceptors (Lipinski definition) is 2. The maximum absolute atomic E-state index is 12.4. The molecule has 1 amide bonds. The molecule has 0 aromatic heterocycles. The maximum atomic E-state index is 12.4. The first kappa shape index (κ1) is 18.4. The summed E-state index contributed by atoms with van der Waals surface area (Å²) in [4.78, 5) is 17.0. The minimum Gasteiger partial charge on any atom is -0.312 e. The lowest BCUT2D eigenvalue weighted by molar-refractivity contribution is -0.119. The van der Waals surface area contributed by atoms with Crippen molar-refractivity contribution in [1.29, 1.82) is 0 Å². The lowest BCUT2D eigenvalue weighted by atomic mass is 9.97. The largest absolute Gasteiger partial charge is 0.312 e. The van der Waals surface area contributed by atoms with E-state index >= 15 is 0 Å². The SMILES string of the molecule is CC(CCCCCN1CCCCC1)CN1C(=O)CCc2ccccc21. The van der Waals surface area contributed by atoms with Crippen molar-refractivity contribution in [3.8, 4) is 0 Å². The van der Waals surface area contributed by atoms with Crippen LogP contribution < -0.4 is 4.90 Å². The number of piperidine rings is 1. The molecule has 3 heteroatoms. The molecule has 0 spiro atoms. The van der Waals surface area contributed by atoms with Crippen molar-refractivity contribution in [2.75, 3.05) is 31.1 Å². The number of rotatable bonds is 8. The van der Waals surface area contributed by atoms with E-state index in [0.717, 1.165) is 18.7 Å². The first-order chi connectivity index (χ1) is 12.2. The highest BCUT2D eigenvalue weighted by atomic mass is 16.2. The van der Waals surface area contributed by atoms with Gasteiger partial charge >= 0.3 is 0 Å². The van der Waals surface area contributed by atoms with E-state index in [9.17, 15) is 4.79 Å². The highest BCUT2D eigenvalue weighted by Gasteiger charge is 2.24. The zero-order chi connectivity index (χ0) is 17.5. The molecule has 2 aliphatic heterocycles. The molecule has 0 N–H and O–H groups in total. The summed E-state index contributed by atoms with van der Waals surface area (Å²) in [7, 11) is 0. The van der Waals surface area contributed by atoms with Gasteiger partial charge in [-0.25, -0.2) is 0 Å². The zero-order valence-electron chi connectivity index (χ0n) is 15.9. The van der Waals surface area contributed by atoms with Crippen molar-refractivity contribution in [2.45, 2.75) is 64.7 Å². The number of unbranched alkanes of at least 4 members (excludes halogenated alkanes) is 2. The van der Waals surface area contributed by atoms with E-state index in [1.54, 1.807) is 0 Å². The number of carbonyl (C=O) groups is 1. The molecular formula is C22H34N2O. The summed E-state index contributed by atoms with van der Waals surface area (Å²) in [5.41, 5.74) is 2.48. The van der Waals surface area contributed by atoms with Crippen LogP contribution in [0.1, 0.15) is 63.9 Å². The van der Waals surface area contributed by atoms with Gasteiger partial charge in [0.05, 0.1) is 0 Å². The van der Waals surface area contributed by atoms with Crippen LogP contribution in [0, 0.1) is 5.92 Å². The first-order valence-electron chi connectivity index (χ1n) is 10.3. The van der Waals surface area contributed by atoms with Gasteiger partial charge in [-0.05, 0) is 69.3 Å². The van der Waals surface area contributed by atoms with Crippen LogP contribution in [-0.2, 0) is 11.2 Å². The highest BCUT2D eigenvalue weighted by molar-refractivity contribution is 5.96. The highest BCUT2D eigenvalue weighted by Crippen LogP contribution is 2.28. The van der Waals surface area contributed by atoms with Crippen LogP contribution in [0.2, 0.25) is 0 Å². The summed E-state index contributed by atoms with van der Waals surface area (Å²) in [6.45, 7) is 7.09. The third kappa shape index (κ3) is 5.31. The third-order valence-corrected chi connectivity index (χ3v) is 5.81. The monoisotopic (exact) mass is 342 g/mol. The molecule has 1 aromatic carbocycles. The maximum Gasteiger partial charge on any atom is 0.227 e. The molecule has 138 valence electrons. The quantitative estimate of drug-likeness (QED) is 0.642. The molecule has 1 unspecified atom stereocenters. The van der Waals surface area contributed by atoms with Crippen LogP contribution in [0.3, 0.4) is 0 Å². The van der Waals surface area contributed by atoms with E-state index in [-0.39, 0.29) is 0 Å². The van der Waals surface area contributed by atoms with Crippen LogP contribution in [-0.4, -0.2) is 37.0 Å². The predicted molar refractivity (Wildman–Crippen MR) is 105 cm³/mol. The Morgan fingerprint density at radius 2 is 1.80 bits per heavy atom. The lowest BCUT2D eigenvalue weighted by Gasteiger charge is -2.31. The summed E-state index contributed by atoms with van der Waals surface area (Å²) >= 11 is 0. The van der Waals surface area contributed by atoms with Gasteiger partial charge in [0, 0.05) is 18.7 Å². The molecule has 2 aliphatic rings. The fraction of sp³-hybridized carbons (Fsp3) is 0.682. The lowest BCUT2D eigenvalue weighted by Crippen LogP contribution is -2.38. The Labute approximate surface area is 153 Å². The van der Waals surface area contributed by atoms with E-state index in [4.69, 9.17) is 0 Å². The molecular weight excluding hydrogens is 308 g/mol. The standard InChI is InChI=1S/C22H34N2O/c1-19(10-4-2-7-15-23-16-8-3-9-17-23)18-24-21-12-6-5-11-20(21)13-14-22(24)25/h5-6,11-12,19H,2-4,7-10,13-18H2,1H3. The summed E-state index contributed by atoms with van der Waals surface area (Å²) in [5.74, 6) is 0.876. The number of hydrogen-bond donors (Lipinski definition) is 0. The molecule has 1 saturated heterocycles.